The monoisotopic (exact) mass is 456 g/mol. The highest BCUT2D eigenvalue weighted by Gasteiger charge is 2.18. The highest BCUT2D eigenvalue weighted by Crippen LogP contribution is 2.27. The molecule has 7 heteroatoms. The highest BCUT2D eigenvalue weighted by atomic mass is 16.5. The summed E-state index contributed by atoms with van der Waals surface area (Å²) in [6.07, 6.45) is 7.06. The molecule has 0 bridgehead atoms. The van der Waals surface area contributed by atoms with E-state index in [1.807, 2.05) is 42.6 Å². The van der Waals surface area contributed by atoms with E-state index in [4.69, 9.17) is 5.21 Å². The average Bonchev–Trinajstić information content (AvgIpc) is 3.36. The molecule has 2 aromatic heterocycles. The normalized spacial score (nSPS) is 10.9. The van der Waals surface area contributed by atoms with E-state index in [1.165, 1.54) is 5.39 Å². The SMILES string of the molecule is O=C(CCCCCCN(C(=O)c1ccccn1)c1ccc(-c2ccc3cc[nH]c3c2)cc1)NO. The minimum Gasteiger partial charge on any atom is -0.361 e. The fraction of sp³-hybridized carbons (Fsp3) is 0.222. The Kier molecular flexibility index (Phi) is 7.67. The molecule has 3 N–H and O–H groups in total. The van der Waals surface area contributed by atoms with E-state index in [9.17, 15) is 9.59 Å². The van der Waals surface area contributed by atoms with Gasteiger partial charge in [0, 0.05) is 36.6 Å². The first kappa shape index (κ1) is 23.2. The zero-order valence-corrected chi connectivity index (χ0v) is 18.9. The maximum atomic E-state index is 13.2. The number of amides is 2. The molecule has 0 fully saturated rings. The van der Waals surface area contributed by atoms with Crippen molar-refractivity contribution in [2.75, 3.05) is 11.4 Å². The maximum Gasteiger partial charge on any atom is 0.276 e. The van der Waals surface area contributed by atoms with Gasteiger partial charge >= 0.3 is 0 Å². The molecule has 2 aromatic carbocycles. The lowest BCUT2D eigenvalue weighted by Gasteiger charge is -2.23. The number of unbranched alkanes of at least 4 members (excludes halogenated alkanes) is 3. The Morgan fingerprint density at radius 1 is 0.912 bits per heavy atom. The van der Waals surface area contributed by atoms with Crippen LogP contribution in [0, 0.1) is 0 Å². The molecule has 0 aliphatic carbocycles. The van der Waals surface area contributed by atoms with Crippen molar-refractivity contribution in [3.05, 3.63) is 84.8 Å². The molecular formula is C27H28N4O3. The van der Waals surface area contributed by atoms with Gasteiger partial charge < -0.3 is 9.88 Å². The fourth-order valence-electron chi connectivity index (χ4n) is 4.00. The van der Waals surface area contributed by atoms with Crippen LogP contribution in [0.1, 0.15) is 42.6 Å². The lowest BCUT2D eigenvalue weighted by molar-refractivity contribution is -0.129. The predicted octanol–water partition coefficient (Wildman–Crippen LogP) is 5.33. The number of benzene rings is 2. The molecule has 0 spiro atoms. The number of hydrogen-bond donors (Lipinski definition) is 3. The largest absolute Gasteiger partial charge is 0.361 e. The van der Waals surface area contributed by atoms with Crippen molar-refractivity contribution in [3.8, 4) is 11.1 Å². The summed E-state index contributed by atoms with van der Waals surface area (Å²) in [5.74, 6) is -0.511. The number of fused-ring (bicyclic) bond motifs is 1. The third kappa shape index (κ3) is 5.68. The second-order valence-electron chi connectivity index (χ2n) is 8.20. The van der Waals surface area contributed by atoms with Crippen molar-refractivity contribution >= 4 is 28.4 Å². The van der Waals surface area contributed by atoms with Gasteiger partial charge in [-0.3, -0.25) is 19.8 Å². The first-order chi connectivity index (χ1) is 16.7. The van der Waals surface area contributed by atoms with Gasteiger partial charge in [-0.25, -0.2) is 5.48 Å². The van der Waals surface area contributed by atoms with Gasteiger partial charge in [0.15, 0.2) is 0 Å². The quantitative estimate of drug-likeness (QED) is 0.171. The van der Waals surface area contributed by atoms with Gasteiger partial charge in [-0.2, -0.15) is 0 Å². The van der Waals surface area contributed by atoms with Crippen LogP contribution >= 0.6 is 0 Å². The van der Waals surface area contributed by atoms with Crippen molar-refractivity contribution < 1.29 is 14.8 Å². The van der Waals surface area contributed by atoms with Crippen LogP contribution in [0.4, 0.5) is 5.69 Å². The van der Waals surface area contributed by atoms with Gasteiger partial charge in [0.2, 0.25) is 5.91 Å². The molecule has 34 heavy (non-hydrogen) atoms. The smallest absolute Gasteiger partial charge is 0.276 e. The number of aromatic amines is 1. The third-order valence-electron chi connectivity index (χ3n) is 5.86. The van der Waals surface area contributed by atoms with E-state index < -0.39 is 0 Å². The molecule has 0 atom stereocenters. The molecule has 2 heterocycles. The first-order valence-electron chi connectivity index (χ1n) is 11.5. The van der Waals surface area contributed by atoms with Gasteiger partial charge in [0.25, 0.3) is 5.91 Å². The van der Waals surface area contributed by atoms with Crippen molar-refractivity contribution in [2.24, 2.45) is 0 Å². The molecule has 7 nitrogen and oxygen atoms in total. The number of nitrogens with zero attached hydrogens (tertiary/aromatic N) is 2. The number of nitrogens with one attached hydrogen (secondary N) is 2. The fourth-order valence-corrected chi connectivity index (χ4v) is 4.00. The van der Waals surface area contributed by atoms with Crippen LogP contribution in [0.25, 0.3) is 22.0 Å². The van der Waals surface area contributed by atoms with Crippen LogP contribution in [0.3, 0.4) is 0 Å². The van der Waals surface area contributed by atoms with E-state index in [1.54, 1.807) is 28.7 Å². The maximum absolute atomic E-state index is 13.2. The van der Waals surface area contributed by atoms with Crippen LogP contribution in [0.15, 0.2) is 79.1 Å². The summed E-state index contributed by atoms with van der Waals surface area (Å²) in [5, 5.41) is 9.75. The Labute approximate surface area is 198 Å². The Bertz CT molecular complexity index is 1240. The molecule has 2 amide bonds. The molecule has 0 unspecified atom stereocenters. The van der Waals surface area contributed by atoms with Crippen molar-refractivity contribution in [2.45, 2.75) is 32.1 Å². The van der Waals surface area contributed by atoms with E-state index in [0.29, 0.717) is 25.1 Å². The van der Waals surface area contributed by atoms with Gasteiger partial charge in [0.05, 0.1) is 0 Å². The molecule has 0 saturated carbocycles. The van der Waals surface area contributed by atoms with Crippen LogP contribution in [0.5, 0.6) is 0 Å². The van der Waals surface area contributed by atoms with Gasteiger partial charge in [-0.15, -0.1) is 0 Å². The van der Waals surface area contributed by atoms with Crippen LogP contribution in [0.2, 0.25) is 0 Å². The number of carbonyl (C=O) groups is 2. The molecular weight excluding hydrogens is 428 g/mol. The number of aromatic nitrogens is 2. The summed E-state index contributed by atoms with van der Waals surface area (Å²) in [4.78, 5) is 33.6. The summed E-state index contributed by atoms with van der Waals surface area (Å²) in [6, 6.07) is 21.7. The first-order valence-corrected chi connectivity index (χ1v) is 11.5. The summed E-state index contributed by atoms with van der Waals surface area (Å²) >= 11 is 0. The summed E-state index contributed by atoms with van der Waals surface area (Å²) in [5.41, 5.74) is 6.15. The van der Waals surface area contributed by atoms with Crippen molar-refractivity contribution in [1.29, 1.82) is 0 Å². The van der Waals surface area contributed by atoms with Gasteiger partial charge in [-0.05, 0) is 65.8 Å². The third-order valence-corrected chi connectivity index (χ3v) is 5.86. The molecule has 0 aliphatic heterocycles. The van der Waals surface area contributed by atoms with Crippen LogP contribution < -0.4 is 10.4 Å². The number of pyridine rings is 1. The Hall–Kier alpha value is -3.97. The predicted molar refractivity (Wildman–Crippen MR) is 133 cm³/mol. The Morgan fingerprint density at radius 3 is 2.47 bits per heavy atom. The summed E-state index contributed by atoms with van der Waals surface area (Å²) in [6.45, 7) is 0.551. The summed E-state index contributed by atoms with van der Waals surface area (Å²) < 4.78 is 0. The number of carbonyl (C=O) groups excluding carboxylic acids is 2. The minimum absolute atomic E-state index is 0.138. The highest BCUT2D eigenvalue weighted by molar-refractivity contribution is 6.04. The summed E-state index contributed by atoms with van der Waals surface area (Å²) in [7, 11) is 0. The lowest BCUT2D eigenvalue weighted by atomic mass is 10.0. The number of hydroxylamine groups is 1. The van der Waals surface area contributed by atoms with E-state index in [-0.39, 0.29) is 11.8 Å². The molecule has 174 valence electrons. The topological polar surface area (TPSA) is 98.3 Å². The van der Waals surface area contributed by atoms with Crippen LogP contribution in [-0.2, 0) is 4.79 Å². The number of anilines is 1. The Balaban J connectivity index is 1.47. The standard InChI is InChI=1S/C27H28N4O3/c32-26(30-34)8-3-1-2-6-18-31(27(33)24-7-4-5-16-28-24)23-13-11-20(12-14-23)22-10-9-21-15-17-29-25(21)19-22/h4-5,7,9-17,19,29,34H,1-3,6,8,18H2,(H,30,32). The second kappa shape index (κ2) is 11.2. The van der Waals surface area contributed by atoms with Crippen molar-refractivity contribution in [3.63, 3.8) is 0 Å². The van der Waals surface area contributed by atoms with Crippen LogP contribution in [-0.4, -0.2) is 33.5 Å². The zero-order valence-electron chi connectivity index (χ0n) is 18.9. The number of hydrogen-bond acceptors (Lipinski definition) is 4. The van der Waals surface area contributed by atoms with E-state index in [2.05, 4.69) is 28.2 Å². The minimum atomic E-state index is -0.373. The molecule has 0 saturated heterocycles. The number of rotatable bonds is 10. The number of H-pyrrole nitrogens is 1. The molecule has 0 aliphatic rings. The Morgan fingerprint density at radius 2 is 1.71 bits per heavy atom. The van der Waals surface area contributed by atoms with E-state index in [0.717, 1.165) is 41.6 Å². The second-order valence-corrected chi connectivity index (χ2v) is 8.20. The van der Waals surface area contributed by atoms with Gasteiger partial charge in [0.1, 0.15) is 5.69 Å². The van der Waals surface area contributed by atoms with E-state index >= 15 is 0 Å². The van der Waals surface area contributed by atoms with Crippen molar-refractivity contribution in [1.82, 2.24) is 15.4 Å². The lowest BCUT2D eigenvalue weighted by Crippen LogP contribution is -2.32. The zero-order chi connectivity index (χ0) is 23.8. The molecule has 0 radical (unpaired) electrons. The molecule has 4 aromatic rings. The average molecular weight is 457 g/mol. The molecule has 4 rings (SSSR count). The van der Waals surface area contributed by atoms with Gasteiger partial charge in [-0.1, -0.05) is 43.2 Å².